The monoisotopic (exact) mass is 354 g/mol. The fourth-order valence-electron chi connectivity index (χ4n) is 2.13. The largest absolute Gasteiger partial charge is 0.481 e. The first-order valence-corrected chi connectivity index (χ1v) is 7.86. The second kappa shape index (κ2) is 6.97. The molecule has 1 aromatic heterocycles. The summed E-state index contributed by atoms with van der Waals surface area (Å²) < 4.78 is 1.93. The summed E-state index contributed by atoms with van der Waals surface area (Å²) in [6, 6.07) is 2.35. The van der Waals surface area contributed by atoms with Crippen molar-refractivity contribution >= 4 is 52.2 Å². The third-order valence-corrected chi connectivity index (χ3v) is 4.65. The third kappa shape index (κ3) is 3.80. The van der Waals surface area contributed by atoms with Gasteiger partial charge in [-0.25, -0.2) is 4.79 Å². The van der Waals surface area contributed by atoms with Crippen LogP contribution in [0.5, 0.6) is 0 Å². The lowest BCUT2D eigenvalue weighted by atomic mass is 10.1. The molecule has 0 aromatic carbocycles. The zero-order valence-corrected chi connectivity index (χ0v) is 13.8. The zero-order valence-electron chi connectivity index (χ0n) is 12.1. The molecule has 7 nitrogen and oxygen atoms in total. The van der Waals surface area contributed by atoms with Crippen LogP contribution in [0.3, 0.4) is 0 Å². The van der Waals surface area contributed by atoms with Crippen molar-refractivity contribution in [3.05, 3.63) is 28.9 Å². The van der Waals surface area contributed by atoms with E-state index in [0.29, 0.717) is 4.91 Å². The van der Waals surface area contributed by atoms with Crippen LogP contribution in [0.1, 0.15) is 18.5 Å². The van der Waals surface area contributed by atoms with E-state index in [2.05, 4.69) is 0 Å². The van der Waals surface area contributed by atoms with Crippen molar-refractivity contribution < 1.29 is 24.6 Å². The smallest absolute Gasteiger partial charge is 0.326 e. The molecule has 23 heavy (non-hydrogen) atoms. The first kappa shape index (κ1) is 17.2. The highest BCUT2D eigenvalue weighted by atomic mass is 32.2. The van der Waals surface area contributed by atoms with Gasteiger partial charge in [-0.15, -0.1) is 0 Å². The minimum atomic E-state index is -1.28. The van der Waals surface area contributed by atoms with Gasteiger partial charge in [-0.1, -0.05) is 24.0 Å². The molecule has 1 unspecified atom stereocenters. The number of carboxylic acids is 2. The Morgan fingerprint density at radius 2 is 2.13 bits per heavy atom. The second-order valence-corrected chi connectivity index (χ2v) is 6.56. The number of aliphatic carboxylic acids is 2. The molecule has 0 bridgehead atoms. The standard InChI is InChI=1S/C14H14N2O5S2/c1-15-6-2-3-8(15)7-10-12(19)16(14(22)23-10)9(13(20)21)4-5-11(17)18/h2-3,6-7,9H,4-5H2,1H3,(H,17,18)(H,20,21)/b10-7+. The highest BCUT2D eigenvalue weighted by Gasteiger charge is 2.40. The maximum absolute atomic E-state index is 12.5. The number of carbonyl (C=O) groups excluding carboxylic acids is 1. The predicted octanol–water partition coefficient (Wildman–Crippen LogP) is 1.54. The predicted molar refractivity (Wildman–Crippen MR) is 88.7 cm³/mol. The number of carbonyl (C=O) groups is 3. The van der Waals surface area contributed by atoms with Crippen LogP contribution in [-0.2, 0) is 21.4 Å². The van der Waals surface area contributed by atoms with E-state index in [-0.39, 0.29) is 17.2 Å². The molecule has 1 amide bonds. The molecule has 2 N–H and O–H groups in total. The van der Waals surface area contributed by atoms with Crippen LogP contribution in [-0.4, -0.2) is 47.9 Å². The van der Waals surface area contributed by atoms with Gasteiger partial charge in [0.1, 0.15) is 10.4 Å². The minimum absolute atomic E-state index is 0.119. The van der Waals surface area contributed by atoms with Crippen molar-refractivity contribution in [3.63, 3.8) is 0 Å². The van der Waals surface area contributed by atoms with Crippen molar-refractivity contribution in [2.75, 3.05) is 0 Å². The minimum Gasteiger partial charge on any atom is -0.481 e. The molecule has 1 aliphatic rings. The van der Waals surface area contributed by atoms with Crippen molar-refractivity contribution in [1.29, 1.82) is 0 Å². The molecule has 1 atom stereocenters. The molecule has 2 rings (SSSR count). The molecule has 1 aromatic rings. The second-order valence-electron chi connectivity index (χ2n) is 4.88. The van der Waals surface area contributed by atoms with Crippen LogP contribution in [0.15, 0.2) is 23.2 Å². The van der Waals surface area contributed by atoms with Gasteiger partial charge < -0.3 is 14.8 Å². The number of aromatic nitrogens is 1. The average molecular weight is 354 g/mol. The number of rotatable bonds is 6. The summed E-state index contributed by atoms with van der Waals surface area (Å²) in [4.78, 5) is 35.8. The van der Waals surface area contributed by atoms with E-state index in [9.17, 15) is 19.5 Å². The number of hydrogen-bond acceptors (Lipinski definition) is 5. The van der Waals surface area contributed by atoms with Gasteiger partial charge in [0.15, 0.2) is 0 Å². The van der Waals surface area contributed by atoms with Crippen LogP contribution < -0.4 is 0 Å². The Balaban J connectivity index is 2.26. The van der Waals surface area contributed by atoms with Gasteiger partial charge in [0.05, 0.1) is 4.91 Å². The number of carboxylic acid groups (broad SMARTS) is 2. The summed E-state index contributed by atoms with van der Waals surface area (Å²) in [5.74, 6) is -2.91. The number of thioether (sulfide) groups is 1. The Kier molecular flexibility index (Phi) is 5.22. The molecule has 9 heteroatoms. The van der Waals surface area contributed by atoms with Crippen molar-refractivity contribution in [3.8, 4) is 0 Å². The number of amides is 1. The van der Waals surface area contributed by atoms with Gasteiger partial charge in [-0.05, 0) is 24.6 Å². The van der Waals surface area contributed by atoms with Gasteiger partial charge in [0.25, 0.3) is 5.91 Å². The molecular formula is C14H14N2O5S2. The summed E-state index contributed by atoms with van der Waals surface area (Å²) in [5, 5.41) is 18.0. The van der Waals surface area contributed by atoms with E-state index in [0.717, 1.165) is 22.4 Å². The van der Waals surface area contributed by atoms with Gasteiger partial charge in [-0.2, -0.15) is 0 Å². The molecule has 0 saturated carbocycles. The van der Waals surface area contributed by atoms with E-state index >= 15 is 0 Å². The van der Waals surface area contributed by atoms with E-state index in [4.69, 9.17) is 17.3 Å². The third-order valence-electron chi connectivity index (χ3n) is 3.31. The van der Waals surface area contributed by atoms with E-state index in [1.54, 1.807) is 6.08 Å². The maximum atomic E-state index is 12.5. The summed E-state index contributed by atoms with van der Waals surface area (Å²) in [6.45, 7) is 0. The molecule has 122 valence electrons. The van der Waals surface area contributed by atoms with Crippen LogP contribution in [0, 0.1) is 0 Å². The normalized spacial score (nSPS) is 17.8. The lowest BCUT2D eigenvalue weighted by Crippen LogP contribution is -2.44. The van der Waals surface area contributed by atoms with Crippen molar-refractivity contribution in [2.24, 2.45) is 7.05 Å². The molecule has 0 radical (unpaired) electrons. The Morgan fingerprint density at radius 1 is 1.43 bits per heavy atom. The number of aryl methyl sites for hydroxylation is 1. The van der Waals surface area contributed by atoms with Crippen molar-refractivity contribution in [2.45, 2.75) is 18.9 Å². The lowest BCUT2D eigenvalue weighted by molar-refractivity contribution is -0.146. The number of nitrogens with zero attached hydrogens (tertiary/aromatic N) is 2. The number of hydrogen-bond donors (Lipinski definition) is 2. The molecule has 1 fully saturated rings. The summed E-state index contributed by atoms with van der Waals surface area (Å²) in [7, 11) is 1.82. The van der Waals surface area contributed by atoms with E-state index < -0.39 is 23.9 Å². The molecule has 0 aliphatic carbocycles. The summed E-state index contributed by atoms with van der Waals surface area (Å²) in [5.41, 5.74) is 0.780. The number of thiocarbonyl (C=S) groups is 1. The first-order chi connectivity index (χ1) is 10.8. The summed E-state index contributed by atoms with van der Waals surface area (Å²) in [6.07, 6.45) is 2.90. The lowest BCUT2D eigenvalue weighted by Gasteiger charge is -2.22. The topological polar surface area (TPSA) is 99.8 Å². The molecule has 1 aliphatic heterocycles. The molecule has 2 heterocycles. The summed E-state index contributed by atoms with van der Waals surface area (Å²) >= 11 is 6.12. The molecular weight excluding hydrogens is 340 g/mol. The molecule has 0 spiro atoms. The fraction of sp³-hybridized carbons (Fsp3) is 0.286. The SMILES string of the molecule is Cn1cccc1/C=C1/SC(=S)N(C(CCC(=O)O)C(=O)O)C1=O. The van der Waals surface area contributed by atoms with Crippen molar-refractivity contribution in [1.82, 2.24) is 9.47 Å². The van der Waals surface area contributed by atoms with Crippen LogP contribution in [0.2, 0.25) is 0 Å². The average Bonchev–Trinajstić information content (AvgIpc) is 2.97. The Morgan fingerprint density at radius 3 is 2.65 bits per heavy atom. The van der Waals surface area contributed by atoms with Gasteiger partial charge in [0, 0.05) is 25.4 Å². The Hall–Kier alpha value is -2.13. The fourth-order valence-corrected chi connectivity index (χ4v) is 3.47. The zero-order chi connectivity index (χ0) is 17.1. The van der Waals surface area contributed by atoms with Crippen LogP contribution in [0.25, 0.3) is 6.08 Å². The van der Waals surface area contributed by atoms with Crippen LogP contribution >= 0.6 is 24.0 Å². The van der Waals surface area contributed by atoms with Gasteiger partial charge >= 0.3 is 11.9 Å². The van der Waals surface area contributed by atoms with Gasteiger partial charge in [-0.3, -0.25) is 14.5 Å². The quantitative estimate of drug-likeness (QED) is 0.590. The maximum Gasteiger partial charge on any atom is 0.326 e. The van der Waals surface area contributed by atoms with Crippen LogP contribution in [0.4, 0.5) is 0 Å². The van der Waals surface area contributed by atoms with Gasteiger partial charge in [0.2, 0.25) is 0 Å². The van der Waals surface area contributed by atoms with E-state index in [1.807, 2.05) is 29.9 Å². The highest BCUT2D eigenvalue weighted by Crippen LogP contribution is 2.34. The molecule has 1 saturated heterocycles. The first-order valence-electron chi connectivity index (χ1n) is 6.64. The van der Waals surface area contributed by atoms with E-state index in [1.165, 1.54) is 0 Å². The Bertz CT molecular complexity index is 710. The highest BCUT2D eigenvalue weighted by molar-refractivity contribution is 8.26. The Labute approximate surface area is 141 Å².